The van der Waals surface area contributed by atoms with Crippen molar-refractivity contribution in [2.45, 2.75) is 47.8 Å². The number of nitrogen functional groups attached to an aromatic ring is 1. The average Bonchev–Trinajstić information content (AvgIpc) is 3.84. The van der Waals surface area contributed by atoms with E-state index in [0.29, 0.717) is 29.9 Å². The molecule has 4 heterocycles. The molecule has 3 aliphatic rings. The van der Waals surface area contributed by atoms with Crippen LogP contribution < -0.4 is 21.5 Å². The summed E-state index contributed by atoms with van der Waals surface area (Å²) in [6, 6.07) is 1.42. The van der Waals surface area contributed by atoms with Gasteiger partial charge in [0.2, 0.25) is 11.5 Å². The molecule has 3 atom stereocenters. The van der Waals surface area contributed by atoms with Crippen LogP contribution >= 0.6 is 46.5 Å². The number of likely N-dealkylation sites (tertiary alicyclic amines) is 1. The fourth-order valence-electron chi connectivity index (χ4n) is 5.96. The molecule has 1 aromatic carbocycles. The highest BCUT2D eigenvalue weighted by Crippen LogP contribution is 2.52. The van der Waals surface area contributed by atoms with E-state index in [-0.39, 0.29) is 28.0 Å². The highest BCUT2D eigenvalue weighted by Gasteiger charge is 2.60. The van der Waals surface area contributed by atoms with Gasteiger partial charge in [0.15, 0.2) is 22.3 Å². The number of rotatable bonds is 16. The number of amides is 3. The third-order valence-electron chi connectivity index (χ3n) is 9.09. The third-order valence-corrected chi connectivity index (χ3v) is 13.4. The SMILES string of the molecule is CC(C)(O/N=C(\C(=O)N[C@@H]1C(=O)N2C[C@](SC/C=C/C[N+]3(CCNC(=O)c4ccc(O)c(O)c4Cl)CCCC3)(C(=O)[O-])S[C@H]12)c1csc(N)n1)C(=O)O. The van der Waals surface area contributed by atoms with Gasteiger partial charge in [-0.15, -0.1) is 34.9 Å². The van der Waals surface area contributed by atoms with Crippen molar-refractivity contribution < 1.29 is 53.7 Å². The molecule has 0 aliphatic carbocycles. The summed E-state index contributed by atoms with van der Waals surface area (Å²) in [4.78, 5) is 73.6. The standard InChI is InChI=1S/C32H38ClN7O10S3/c1-31(2,28(46)47)50-38-21(18-15-51-30(34)36-18)25(44)37-22-26(45)39-16-32(29(48)49,53-27(22)39)52-14-6-5-12-40(10-3-4-11-40)13-9-35-24(43)17-7-8-19(41)23(42)20(17)33/h5-8,15,22,27H,3-4,9-14,16H2,1-2H3,(H7-,34,35,36,37,38,41,42,43,44,46,47,48,49)/b6-5+/t22-,27-,32-/m1/s1. The van der Waals surface area contributed by atoms with Crippen LogP contribution in [0.15, 0.2) is 34.8 Å². The summed E-state index contributed by atoms with van der Waals surface area (Å²) in [5.41, 5.74) is 3.57. The topological polar surface area (TPSA) is 257 Å². The molecule has 3 fully saturated rings. The van der Waals surface area contributed by atoms with Gasteiger partial charge in [-0.1, -0.05) is 22.8 Å². The number of β-lactam (4-membered cyclic amide) rings is 1. The van der Waals surface area contributed by atoms with E-state index in [9.17, 15) is 44.4 Å². The number of thioether (sulfide) groups is 2. The van der Waals surface area contributed by atoms with Crippen LogP contribution in [0.1, 0.15) is 42.7 Å². The molecule has 3 amide bonds. The maximum absolute atomic E-state index is 13.3. The number of aromatic hydroxyl groups is 2. The normalized spacial score (nSPS) is 22.4. The number of benzene rings is 1. The molecule has 0 radical (unpaired) electrons. The Kier molecular flexibility index (Phi) is 12.1. The minimum absolute atomic E-state index is 0.00298. The summed E-state index contributed by atoms with van der Waals surface area (Å²) in [5, 5.41) is 51.0. The fourth-order valence-corrected chi connectivity index (χ4v) is 9.70. The first-order chi connectivity index (χ1) is 25.0. The van der Waals surface area contributed by atoms with Gasteiger partial charge in [-0.3, -0.25) is 14.4 Å². The van der Waals surface area contributed by atoms with Crippen molar-refractivity contribution in [3.05, 3.63) is 45.9 Å². The number of nitrogens with two attached hydrogens (primary N) is 1. The van der Waals surface area contributed by atoms with Crippen molar-refractivity contribution in [2.24, 2.45) is 5.16 Å². The molecular formula is C32H38ClN7O10S3. The minimum atomic E-state index is -1.79. The van der Waals surface area contributed by atoms with E-state index in [0.717, 1.165) is 60.8 Å². The fraction of sp³-hybridized carbons (Fsp3) is 0.469. The lowest BCUT2D eigenvalue weighted by atomic mass is 10.1. The van der Waals surface area contributed by atoms with E-state index < -0.39 is 68.0 Å². The first-order valence-corrected chi connectivity index (χ1v) is 19.5. The molecule has 21 heteroatoms. The number of hydrogen-bond donors (Lipinski definition) is 6. The molecule has 0 bridgehead atoms. The number of aromatic nitrogens is 1. The van der Waals surface area contributed by atoms with Crippen molar-refractivity contribution in [1.82, 2.24) is 20.5 Å². The monoisotopic (exact) mass is 811 g/mol. The van der Waals surface area contributed by atoms with Crippen LogP contribution in [-0.2, 0) is 24.0 Å². The molecule has 0 saturated carbocycles. The molecule has 3 saturated heterocycles. The van der Waals surface area contributed by atoms with Crippen molar-refractivity contribution in [3.63, 3.8) is 0 Å². The lowest BCUT2D eigenvalue weighted by Gasteiger charge is -2.41. The zero-order valence-electron chi connectivity index (χ0n) is 28.6. The number of phenolic OH excluding ortho intramolecular Hbond substituents is 2. The summed E-state index contributed by atoms with van der Waals surface area (Å²) < 4.78 is -0.799. The van der Waals surface area contributed by atoms with Gasteiger partial charge in [0.25, 0.3) is 11.8 Å². The summed E-state index contributed by atoms with van der Waals surface area (Å²) in [5.74, 6) is -5.26. The Morgan fingerprint density at radius 3 is 2.62 bits per heavy atom. The highest BCUT2D eigenvalue weighted by atomic mass is 35.5. The Bertz CT molecular complexity index is 1850. The van der Waals surface area contributed by atoms with Crippen LogP contribution in [-0.4, -0.2) is 131 Å². The Balaban J connectivity index is 1.16. The zero-order chi connectivity index (χ0) is 38.7. The number of thiazole rings is 1. The Labute approximate surface area is 321 Å². The predicted octanol–water partition coefficient (Wildman–Crippen LogP) is 0.550. The van der Waals surface area contributed by atoms with Gasteiger partial charge in [0.1, 0.15) is 21.2 Å². The number of aliphatic carboxylic acids is 2. The van der Waals surface area contributed by atoms with Gasteiger partial charge >= 0.3 is 5.97 Å². The number of hydrogen-bond acceptors (Lipinski definition) is 15. The number of nitrogens with one attached hydrogen (secondary N) is 2. The summed E-state index contributed by atoms with van der Waals surface area (Å²) >= 11 is 9.13. The van der Waals surface area contributed by atoms with Gasteiger partial charge in [-0.2, -0.15) is 0 Å². The maximum Gasteiger partial charge on any atom is 0.350 e. The van der Waals surface area contributed by atoms with Crippen molar-refractivity contribution >= 4 is 87.0 Å². The van der Waals surface area contributed by atoms with Gasteiger partial charge < -0.3 is 55.8 Å². The highest BCUT2D eigenvalue weighted by molar-refractivity contribution is 8.20. The Morgan fingerprint density at radius 2 is 1.98 bits per heavy atom. The van der Waals surface area contributed by atoms with E-state index in [4.69, 9.17) is 22.2 Å². The number of carboxylic acid groups (broad SMARTS) is 2. The minimum Gasteiger partial charge on any atom is -0.548 e. The molecule has 2 aromatic rings. The average molecular weight is 812 g/mol. The number of phenols is 2. The lowest BCUT2D eigenvalue weighted by Crippen LogP contribution is -2.68. The number of carboxylic acids is 2. The van der Waals surface area contributed by atoms with Gasteiger partial charge in [0.05, 0.1) is 55.8 Å². The quantitative estimate of drug-likeness (QED) is 0.0338. The molecule has 0 unspecified atom stereocenters. The number of carbonyl (C=O) groups is 5. The van der Waals surface area contributed by atoms with Crippen LogP contribution in [0.25, 0.3) is 0 Å². The second-order valence-corrected chi connectivity index (χ2v) is 17.4. The molecule has 3 aliphatic heterocycles. The van der Waals surface area contributed by atoms with Crippen LogP contribution in [0.3, 0.4) is 0 Å². The van der Waals surface area contributed by atoms with Gasteiger partial charge in [0, 0.05) is 24.0 Å². The zero-order valence-corrected chi connectivity index (χ0v) is 31.8. The Hall–Kier alpha value is -4.24. The molecule has 17 nitrogen and oxygen atoms in total. The van der Waals surface area contributed by atoms with Crippen LogP contribution in [0.2, 0.25) is 5.02 Å². The van der Waals surface area contributed by atoms with Crippen LogP contribution in [0.4, 0.5) is 5.13 Å². The second kappa shape index (κ2) is 16.0. The summed E-state index contributed by atoms with van der Waals surface area (Å²) in [6.45, 7) is 5.72. The molecular weight excluding hydrogens is 774 g/mol. The summed E-state index contributed by atoms with van der Waals surface area (Å²) in [7, 11) is 0. The smallest absolute Gasteiger partial charge is 0.350 e. The molecule has 0 spiro atoms. The maximum atomic E-state index is 13.3. The second-order valence-electron chi connectivity index (χ2n) is 13.1. The number of oxime groups is 1. The van der Waals surface area contributed by atoms with E-state index in [1.54, 1.807) is 0 Å². The van der Waals surface area contributed by atoms with E-state index in [1.165, 1.54) is 36.3 Å². The van der Waals surface area contributed by atoms with Gasteiger partial charge in [-0.05, 0) is 32.1 Å². The van der Waals surface area contributed by atoms with Crippen molar-refractivity contribution in [2.75, 3.05) is 50.8 Å². The van der Waals surface area contributed by atoms with Gasteiger partial charge in [-0.25, -0.2) is 9.78 Å². The molecule has 53 heavy (non-hydrogen) atoms. The Morgan fingerprint density at radius 1 is 1.26 bits per heavy atom. The molecule has 7 N–H and O–H groups in total. The molecule has 1 aromatic heterocycles. The van der Waals surface area contributed by atoms with E-state index >= 15 is 0 Å². The number of halogens is 1. The third kappa shape index (κ3) is 8.61. The van der Waals surface area contributed by atoms with E-state index in [1.807, 2.05) is 12.2 Å². The number of carbonyl (C=O) groups excluding carboxylic acids is 4. The van der Waals surface area contributed by atoms with Crippen LogP contribution in [0, 0.1) is 0 Å². The first kappa shape index (κ1) is 40.0. The largest absolute Gasteiger partial charge is 0.548 e. The first-order valence-electron chi connectivity index (χ1n) is 16.3. The van der Waals surface area contributed by atoms with Crippen molar-refractivity contribution in [1.29, 1.82) is 0 Å². The summed E-state index contributed by atoms with van der Waals surface area (Å²) in [6.07, 6.45) is 5.87. The molecule has 286 valence electrons. The number of anilines is 1. The van der Waals surface area contributed by atoms with E-state index in [2.05, 4.69) is 20.8 Å². The van der Waals surface area contributed by atoms with Crippen LogP contribution in [0.5, 0.6) is 11.5 Å². The number of fused-ring (bicyclic) bond motifs is 1. The number of quaternary nitrogens is 1. The van der Waals surface area contributed by atoms with Crippen molar-refractivity contribution in [3.8, 4) is 11.5 Å². The number of nitrogens with zero attached hydrogens (tertiary/aromatic N) is 4. The molecule has 5 rings (SSSR count). The predicted molar refractivity (Wildman–Crippen MR) is 196 cm³/mol. The lowest BCUT2D eigenvalue weighted by molar-refractivity contribution is -0.910.